The highest BCUT2D eigenvalue weighted by atomic mass is 35.5. The van der Waals surface area contributed by atoms with Crippen LogP contribution in [0.15, 0.2) is 0 Å². The van der Waals surface area contributed by atoms with Crippen molar-refractivity contribution in [3.63, 3.8) is 0 Å². The molecule has 1 fully saturated rings. The molecule has 20 heavy (non-hydrogen) atoms. The molecule has 0 aromatic carbocycles. The maximum atomic E-state index is 6.31. The number of piperidine rings is 1. The van der Waals surface area contributed by atoms with Crippen LogP contribution in [0.25, 0.3) is 0 Å². The predicted molar refractivity (Wildman–Crippen MR) is 84.1 cm³/mol. The molecule has 1 aliphatic heterocycles. The van der Waals surface area contributed by atoms with Gasteiger partial charge in [0, 0.05) is 25.2 Å². The zero-order chi connectivity index (χ0) is 14.7. The van der Waals surface area contributed by atoms with E-state index in [2.05, 4.69) is 29.2 Å². The molecule has 2 rings (SSSR count). The summed E-state index contributed by atoms with van der Waals surface area (Å²) in [5, 5.41) is 8.72. The lowest BCUT2D eigenvalue weighted by molar-refractivity contribution is 0.174. The molecule has 1 aromatic rings. The fraction of sp³-hybridized carbons (Fsp3) is 0.800. The third-order valence-electron chi connectivity index (χ3n) is 4.17. The van der Waals surface area contributed by atoms with Gasteiger partial charge in [0.05, 0.1) is 5.69 Å². The molecule has 1 N–H and O–H groups in total. The van der Waals surface area contributed by atoms with E-state index in [0.29, 0.717) is 6.04 Å². The second-order valence-corrected chi connectivity index (χ2v) is 6.62. The summed E-state index contributed by atoms with van der Waals surface area (Å²) in [5.41, 5.74) is 2.24. The van der Waals surface area contributed by atoms with Crippen LogP contribution in [0.1, 0.15) is 37.9 Å². The topological polar surface area (TPSA) is 33.1 Å². The van der Waals surface area contributed by atoms with Crippen molar-refractivity contribution in [1.82, 2.24) is 20.0 Å². The highest BCUT2D eigenvalue weighted by Crippen LogP contribution is 2.24. The molecule has 0 spiro atoms. The smallest absolute Gasteiger partial charge is 0.131 e. The van der Waals surface area contributed by atoms with Crippen LogP contribution in [-0.4, -0.2) is 40.4 Å². The number of rotatable bonds is 5. The summed E-state index contributed by atoms with van der Waals surface area (Å²) in [7, 11) is 1.91. The standard InChI is InChI=1S/C15H27ClN4/c1-11(2)17-9-13-5-7-20(8-6-13)10-14-12(3)18-19(4)15(14)16/h11,13,17H,5-10H2,1-4H3. The molecule has 1 aliphatic rings. The highest BCUT2D eigenvalue weighted by Gasteiger charge is 2.21. The van der Waals surface area contributed by atoms with Crippen LogP contribution in [0.2, 0.25) is 5.15 Å². The van der Waals surface area contributed by atoms with Crippen LogP contribution in [0, 0.1) is 12.8 Å². The molecule has 1 saturated heterocycles. The maximum absolute atomic E-state index is 6.31. The third kappa shape index (κ3) is 3.96. The van der Waals surface area contributed by atoms with Gasteiger partial charge in [-0.05, 0) is 45.3 Å². The molecule has 0 radical (unpaired) electrons. The van der Waals surface area contributed by atoms with Crippen LogP contribution in [0.3, 0.4) is 0 Å². The van der Waals surface area contributed by atoms with Gasteiger partial charge in [0.1, 0.15) is 5.15 Å². The molecule has 5 heteroatoms. The van der Waals surface area contributed by atoms with E-state index in [4.69, 9.17) is 11.6 Å². The van der Waals surface area contributed by atoms with Gasteiger partial charge in [-0.3, -0.25) is 9.58 Å². The molecular weight excluding hydrogens is 272 g/mol. The van der Waals surface area contributed by atoms with E-state index >= 15 is 0 Å². The summed E-state index contributed by atoms with van der Waals surface area (Å²) in [6, 6.07) is 0.588. The number of aromatic nitrogens is 2. The van der Waals surface area contributed by atoms with Crippen molar-refractivity contribution in [2.75, 3.05) is 19.6 Å². The lowest BCUT2D eigenvalue weighted by atomic mass is 9.96. The van der Waals surface area contributed by atoms with Crippen molar-refractivity contribution < 1.29 is 0 Å². The van der Waals surface area contributed by atoms with Crippen LogP contribution < -0.4 is 5.32 Å². The molecule has 0 unspecified atom stereocenters. The largest absolute Gasteiger partial charge is 0.314 e. The summed E-state index contributed by atoms with van der Waals surface area (Å²) in [5.74, 6) is 0.819. The minimum absolute atomic E-state index is 0.588. The summed E-state index contributed by atoms with van der Waals surface area (Å²) in [4.78, 5) is 2.50. The molecule has 0 bridgehead atoms. The average molecular weight is 299 g/mol. The minimum Gasteiger partial charge on any atom is -0.314 e. The van der Waals surface area contributed by atoms with E-state index in [0.717, 1.165) is 42.9 Å². The zero-order valence-corrected chi connectivity index (χ0v) is 13.9. The fourth-order valence-electron chi connectivity index (χ4n) is 2.83. The van der Waals surface area contributed by atoms with Crippen molar-refractivity contribution in [3.05, 3.63) is 16.4 Å². The zero-order valence-electron chi connectivity index (χ0n) is 13.1. The van der Waals surface area contributed by atoms with Crippen LogP contribution in [0.4, 0.5) is 0 Å². The number of aryl methyl sites for hydroxylation is 2. The molecule has 1 aromatic heterocycles. The molecule has 0 aliphatic carbocycles. The molecule has 0 atom stereocenters. The van der Waals surface area contributed by atoms with E-state index in [9.17, 15) is 0 Å². The first-order chi connectivity index (χ1) is 9.47. The van der Waals surface area contributed by atoms with E-state index in [1.165, 1.54) is 18.4 Å². The summed E-state index contributed by atoms with van der Waals surface area (Å²) in [6.07, 6.45) is 2.55. The van der Waals surface area contributed by atoms with Gasteiger partial charge in [-0.1, -0.05) is 25.4 Å². The predicted octanol–water partition coefficient (Wildman–Crippen LogP) is 2.59. The average Bonchev–Trinajstić information content (AvgIpc) is 2.64. The number of hydrogen-bond acceptors (Lipinski definition) is 3. The first-order valence-corrected chi connectivity index (χ1v) is 7.99. The number of nitrogens with zero attached hydrogens (tertiary/aromatic N) is 3. The van der Waals surface area contributed by atoms with Gasteiger partial charge in [0.15, 0.2) is 0 Å². The third-order valence-corrected chi connectivity index (χ3v) is 4.65. The molecule has 4 nitrogen and oxygen atoms in total. The van der Waals surface area contributed by atoms with Gasteiger partial charge in [-0.25, -0.2) is 0 Å². The van der Waals surface area contributed by atoms with Crippen LogP contribution in [0.5, 0.6) is 0 Å². The molecule has 114 valence electrons. The van der Waals surface area contributed by atoms with Crippen molar-refractivity contribution in [3.8, 4) is 0 Å². The van der Waals surface area contributed by atoms with Gasteiger partial charge in [-0.2, -0.15) is 5.10 Å². The van der Waals surface area contributed by atoms with E-state index in [1.807, 2.05) is 14.0 Å². The lowest BCUT2D eigenvalue weighted by Gasteiger charge is -2.32. The van der Waals surface area contributed by atoms with E-state index in [-0.39, 0.29) is 0 Å². The maximum Gasteiger partial charge on any atom is 0.131 e. The van der Waals surface area contributed by atoms with Crippen molar-refractivity contribution >= 4 is 11.6 Å². The Balaban J connectivity index is 1.82. The van der Waals surface area contributed by atoms with Gasteiger partial charge in [0.25, 0.3) is 0 Å². The quantitative estimate of drug-likeness (QED) is 0.907. The molecule has 0 amide bonds. The summed E-state index contributed by atoms with van der Waals surface area (Å²) in [6.45, 7) is 10.9. The first-order valence-electron chi connectivity index (χ1n) is 7.61. The Labute approximate surface area is 127 Å². The number of halogens is 1. The van der Waals surface area contributed by atoms with Gasteiger partial charge in [0.2, 0.25) is 0 Å². The van der Waals surface area contributed by atoms with Gasteiger partial charge < -0.3 is 5.32 Å². The first kappa shape index (κ1) is 15.8. The number of nitrogens with one attached hydrogen (secondary N) is 1. The van der Waals surface area contributed by atoms with Gasteiger partial charge >= 0.3 is 0 Å². The van der Waals surface area contributed by atoms with Gasteiger partial charge in [-0.15, -0.1) is 0 Å². The van der Waals surface area contributed by atoms with Crippen molar-refractivity contribution in [2.24, 2.45) is 13.0 Å². The normalized spacial score (nSPS) is 18.1. The Bertz CT molecular complexity index is 433. The minimum atomic E-state index is 0.588. The SMILES string of the molecule is Cc1nn(C)c(Cl)c1CN1CCC(CNC(C)C)CC1. The Morgan fingerprint density at radius 2 is 2.00 bits per heavy atom. The van der Waals surface area contributed by atoms with Crippen molar-refractivity contribution in [1.29, 1.82) is 0 Å². The van der Waals surface area contributed by atoms with Crippen LogP contribution >= 0.6 is 11.6 Å². The fourth-order valence-corrected chi connectivity index (χ4v) is 3.06. The highest BCUT2D eigenvalue weighted by molar-refractivity contribution is 6.30. The second-order valence-electron chi connectivity index (χ2n) is 6.26. The van der Waals surface area contributed by atoms with E-state index < -0.39 is 0 Å². The Hall–Kier alpha value is -0.580. The lowest BCUT2D eigenvalue weighted by Crippen LogP contribution is -2.38. The Kier molecular flexibility index (Phi) is 5.47. The number of likely N-dealkylation sites (tertiary alicyclic amines) is 1. The van der Waals surface area contributed by atoms with Crippen molar-refractivity contribution in [2.45, 2.75) is 46.2 Å². The second kappa shape index (κ2) is 6.92. The summed E-state index contributed by atoms with van der Waals surface area (Å²) < 4.78 is 1.77. The number of hydrogen-bond donors (Lipinski definition) is 1. The monoisotopic (exact) mass is 298 g/mol. The Morgan fingerprint density at radius 3 is 2.50 bits per heavy atom. The molecule has 0 saturated carbocycles. The molecular formula is C15H27ClN4. The molecule has 2 heterocycles. The summed E-state index contributed by atoms with van der Waals surface area (Å²) >= 11 is 6.31. The van der Waals surface area contributed by atoms with E-state index in [1.54, 1.807) is 4.68 Å². The Morgan fingerprint density at radius 1 is 1.35 bits per heavy atom. The van der Waals surface area contributed by atoms with Crippen LogP contribution in [-0.2, 0) is 13.6 Å².